The van der Waals surface area contributed by atoms with Crippen molar-refractivity contribution in [1.82, 2.24) is 9.97 Å². The molecule has 1 aromatic heterocycles. The lowest BCUT2D eigenvalue weighted by atomic mass is 10.2. The Morgan fingerprint density at radius 2 is 2.15 bits per heavy atom. The fourth-order valence-electron chi connectivity index (χ4n) is 1.65. The maximum Gasteiger partial charge on any atom is 0.224 e. The van der Waals surface area contributed by atoms with Gasteiger partial charge >= 0.3 is 0 Å². The molecule has 0 bridgehead atoms. The van der Waals surface area contributed by atoms with Crippen LogP contribution >= 0.6 is 15.9 Å². The molecule has 106 valence electrons. The molecule has 1 heterocycles. The predicted molar refractivity (Wildman–Crippen MR) is 82.9 cm³/mol. The van der Waals surface area contributed by atoms with E-state index in [1.807, 2.05) is 32.0 Å². The summed E-state index contributed by atoms with van der Waals surface area (Å²) in [7, 11) is 0. The van der Waals surface area contributed by atoms with Gasteiger partial charge in [-0.25, -0.2) is 9.37 Å². The smallest absolute Gasteiger partial charge is 0.224 e. The van der Waals surface area contributed by atoms with Crippen LogP contribution in [0.1, 0.15) is 18.9 Å². The van der Waals surface area contributed by atoms with Gasteiger partial charge < -0.3 is 10.6 Å². The van der Waals surface area contributed by atoms with Crippen LogP contribution in [0, 0.1) is 12.7 Å². The summed E-state index contributed by atoms with van der Waals surface area (Å²) < 4.78 is 14.7. The number of nitrogens with one attached hydrogen (secondary N) is 2. The van der Waals surface area contributed by atoms with Crippen molar-refractivity contribution in [3.8, 4) is 0 Å². The first-order valence-corrected chi connectivity index (χ1v) is 7.19. The molecule has 0 saturated carbocycles. The molecule has 0 fully saturated rings. The average molecular weight is 339 g/mol. The van der Waals surface area contributed by atoms with Gasteiger partial charge in [-0.15, -0.1) is 0 Å². The minimum Gasteiger partial charge on any atom is -0.354 e. The molecule has 2 aromatic rings. The molecular weight excluding hydrogens is 323 g/mol. The summed E-state index contributed by atoms with van der Waals surface area (Å²) >= 11 is 3.48. The van der Waals surface area contributed by atoms with E-state index in [1.54, 1.807) is 0 Å². The van der Waals surface area contributed by atoms with E-state index in [-0.39, 0.29) is 5.82 Å². The minimum atomic E-state index is -0.486. The number of aromatic nitrogens is 2. The summed E-state index contributed by atoms with van der Waals surface area (Å²) in [6, 6.07) is 5.73. The molecule has 4 nitrogen and oxygen atoms in total. The Morgan fingerprint density at radius 1 is 1.35 bits per heavy atom. The van der Waals surface area contributed by atoms with Crippen molar-refractivity contribution in [2.45, 2.75) is 20.3 Å². The van der Waals surface area contributed by atoms with Crippen molar-refractivity contribution in [3.63, 3.8) is 0 Å². The number of nitrogens with zero attached hydrogens (tertiary/aromatic N) is 2. The van der Waals surface area contributed by atoms with Crippen molar-refractivity contribution in [3.05, 3.63) is 40.2 Å². The average Bonchev–Trinajstić information content (AvgIpc) is 2.44. The first-order valence-electron chi connectivity index (χ1n) is 6.40. The van der Waals surface area contributed by atoms with Gasteiger partial charge in [0.25, 0.3) is 0 Å². The Morgan fingerprint density at radius 3 is 2.90 bits per heavy atom. The monoisotopic (exact) mass is 338 g/mol. The van der Waals surface area contributed by atoms with Crippen molar-refractivity contribution < 1.29 is 4.39 Å². The highest BCUT2D eigenvalue weighted by molar-refractivity contribution is 9.10. The number of hydrogen-bond acceptors (Lipinski definition) is 4. The Bertz CT molecular complexity index is 604. The number of benzene rings is 1. The number of halogens is 2. The second-order valence-corrected chi connectivity index (χ2v) is 5.17. The molecule has 0 unspecified atom stereocenters. The molecular formula is C14H16BrFN4. The normalized spacial score (nSPS) is 10.4. The molecule has 0 aliphatic rings. The molecule has 1 aromatic carbocycles. The Labute approximate surface area is 126 Å². The van der Waals surface area contributed by atoms with Crippen molar-refractivity contribution in [1.29, 1.82) is 0 Å². The molecule has 2 N–H and O–H groups in total. The largest absolute Gasteiger partial charge is 0.354 e. The zero-order valence-electron chi connectivity index (χ0n) is 11.4. The van der Waals surface area contributed by atoms with Crippen LogP contribution in [0.15, 0.2) is 28.9 Å². The standard InChI is InChI=1S/C14H16BrFN4/c1-3-7-17-14-18-8-10(16)13(20-14)19-11-6-4-5-9(2)12(11)15/h4-6,8H,3,7H2,1-2H3,(H2,17,18,19,20). The second kappa shape index (κ2) is 6.65. The molecule has 6 heteroatoms. The van der Waals surface area contributed by atoms with Crippen LogP contribution in [0.5, 0.6) is 0 Å². The molecule has 0 saturated heterocycles. The predicted octanol–water partition coefficient (Wildman–Crippen LogP) is 4.25. The van der Waals surface area contributed by atoms with Gasteiger partial charge in [0.05, 0.1) is 11.9 Å². The van der Waals surface area contributed by atoms with E-state index >= 15 is 0 Å². The van der Waals surface area contributed by atoms with Gasteiger partial charge in [0.1, 0.15) is 0 Å². The lowest BCUT2D eigenvalue weighted by Gasteiger charge is -2.11. The summed E-state index contributed by atoms with van der Waals surface area (Å²) in [6.07, 6.45) is 2.12. The summed E-state index contributed by atoms with van der Waals surface area (Å²) in [4.78, 5) is 8.06. The fraction of sp³-hybridized carbons (Fsp3) is 0.286. The highest BCUT2D eigenvalue weighted by Gasteiger charge is 2.09. The lowest BCUT2D eigenvalue weighted by Crippen LogP contribution is -2.07. The first kappa shape index (κ1) is 14.7. The van der Waals surface area contributed by atoms with Crippen LogP contribution in [0.4, 0.5) is 21.8 Å². The van der Waals surface area contributed by atoms with Crippen LogP contribution in [-0.4, -0.2) is 16.5 Å². The van der Waals surface area contributed by atoms with Crippen LogP contribution < -0.4 is 10.6 Å². The molecule has 2 rings (SSSR count). The quantitative estimate of drug-likeness (QED) is 0.855. The van der Waals surface area contributed by atoms with Gasteiger partial charge in [-0.05, 0) is 40.9 Å². The third-order valence-electron chi connectivity index (χ3n) is 2.72. The lowest BCUT2D eigenvalue weighted by molar-refractivity contribution is 0.619. The molecule has 20 heavy (non-hydrogen) atoms. The maximum absolute atomic E-state index is 13.8. The third-order valence-corrected chi connectivity index (χ3v) is 3.77. The summed E-state index contributed by atoms with van der Waals surface area (Å²) in [5.74, 6) is 0.0879. The topological polar surface area (TPSA) is 49.8 Å². The van der Waals surface area contributed by atoms with Crippen LogP contribution in [0.3, 0.4) is 0 Å². The zero-order valence-corrected chi connectivity index (χ0v) is 13.0. The third kappa shape index (κ3) is 3.45. The highest BCUT2D eigenvalue weighted by Crippen LogP contribution is 2.28. The Balaban J connectivity index is 2.26. The van der Waals surface area contributed by atoms with Crippen molar-refractivity contribution >= 4 is 33.4 Å². The fourth-order valence-corrected chi connectivity index (χ4v) is 2.01. The summed E-state index contributed by atoms with van der Waals surface area (Å²) in [5.41, 5.74) is 1.83. The van der Waals surface area contributed by atoms with Gasteiger partial charge in [0.2, 0.25) is 5.95 Å². The van der Waals surface area contributed by atoms with E-state index in [4.69, 9.17) is 0 Å². The first-order chi connectivity index (χ1) is 9.61. The summed E-state index contributed by atoms with van der Waals surface area (Å²) in [5, 5.41) is 6.02. The van der Waals surface area contributed by atoms with Gasteiger partial charge in [-0.3, -0.25) is 0 Å². The number of hydrogen-bond donors (Lipinski definition) is 2. The van der Waals surface area contributed by atoms with E-state index in [9.17, 15) is 4.39 Å². The number of anilines is 3. The molecule has 0 radical (unpaired) electrons. The molecule has 0 atom stereocenters. The van der Waals surface area contributed by atoms with Gasteiger partial charge in [0, 0.05) is 11.0 Å². The van der Waals surface area contributed by atoms with Crippen LogP contribution in [0.2, 0.25) is 0 Å². The molecule has 0 amide bonds. The van der Waals surface area contributed by atoms with E-state index in [0.29, 0.717) is 5.95 Å². The van der Waals surface area contributed by atoms with E-state index < -0.39 is 5.82 Å². The van der Waals surface area contributed by atoms with Crippen molar-refractivity contribution in [2.24, 2.45) is 0 Å². The van der Waals surface area contributed by atoms with E-state index in [2.05, 4.69) is 36.5 Å². The second-order valence-electron chi connectivity index (χ2n) is 4.38. The molecule has 0 aliphatic carbocycles. The Kier molecular flexibility index (Phi) is 4.89. The van der Waals surface area contributed by atoms with Gasteiger partial charge in [-0.1, -0.05) is 19.1 Å². The van der Waals surface area contributed by atoms with Gasteiger partial charge in [0.15, 0.2) is 11.6 Å². The zero-order chi connectivity index (χ0) is 14.5. The molecule has 0 aliphatic heterocycles. The van der Waals surface area contributed by atoms with E-state index in [0.717, 1.165) is 34.9 Å². The van der Waals surface area contributed by atoms with Crippen LogP contribution in [-0.2, 0) is 0 Å². The number of aryl methyl sites for hydroxylation is 1. The minimum absolute atomic E-state index is 0.157. The van der Waals surface area contributed by atoms with Crippen molar-refractivity contribution in [2.75, 3.05) is 17.2 Å². The highest BCUT2D eigenvalue weighted by atomic mass is 79.9. The molecule has 0 spiro atoms. The maximum atomic E-state index is 13.8. The SMILES string of the molecule is CCCNc1ncc(F)c(Nc2cccc(C)c2Br)n1. The van der Waals surface area contributed by atoms with Gasteiger partial charge in [-0.2, -0.15) is 4.98 Å². The summed E-state index contributed by atoms with van der Waals surface area (Å²) in [6.45, 7) is 4.76. The Hall–Kier alpha value is -1.69. The number of rotatable bonds is 5. The van der Waals surface area contributed by atoms with Crippen LogP contribution in [0.25, 0.3) is 0 Å². The van der Waals surface area contributed by atoms with E-state index in [1.165, 1.54) is 0 Å².